The number of nitrogens with zero attached hydrogens (tertiary/aromatic N) is 3. The Morgan fingerprint density at radius 1 is 1.14 bits per heavy atom. The summed E-state index contributed by atoms with van der Waals surface area (Å²) in [7, 11) is 0. The van der Waals surface area contributed by atoms with Crippen molar-refractivity contribution in [3.63, 3.8) is 0 Å². The number of hydrogen-bond donors (Lipinski definition) is 0. The lowest BCUT2D eigenvalue weighted by atomic mass is 10.1. The summed E-state index contributed by atoms with van der Waals surface area (Å²) in [6.45, 7) is 5.31. The van der Waals surface area contributed by atoms with Crippen molar-refractivity contribution in [2.75, 3.05) is 0 Å². The summed E-state index contributed by atoms with van der Waals surface area (Å²) in [6.07, 6.45) is 2.54. The van der Waals surface area contributed by atoms with Crippen LogP contribution in [0.15, 0.2) is 42.6 Å². The van der Waals surface area contributed by atoms with Gasteiger partial charge in [0.25, 0.3) is 0 Å². The van der Waals surface area contributed by atoms with E-state index in [9.17, 15) is 0 Å². The number of fused-ring (bicyclic) bond motifs is 1. The van der Waals surface area contributed by atoms with Gasteiger partial charge >= 0.3 is 0 Å². The lowest BCUT2D eigenvalue weighted by molar-refractivity contribution is 0.518. The second kappa shape index (κ2) is 5.86. The molecule has 2 aromatic heterocycles. The van der Waals surface area contributed by atoms with Crippen LogP contribution in [0.1, 0.15) is 25.2 Å². The molecule has 2 heterocycles. The molecule has 0 atom stereocenters. The molecule has 0 N–H and O–H groups in total. The molecular formula is C17H18ClN3. The molecule has 3 aromatic rings. The molecule has 0 spiro atoms. The highest BCUT2D eigenvalue weighted by Crippen LogP contribution is 2.22. The second-order valence-corrected chi connectivity index (χ2v) is 6.05. The summed E-state index contributed by atoms with van der Waals surface area (Å²) < 4.78 is 2.21. The average molecular weight is 300 g/mol. The van der Waals surface area contributed by atoms with Crippen molar-refractivity contribution in [2.45, 2.75) is 26.8 Å². The molecule has 21 heavy (non-hydrogen) atoms. The number of benzene rings is 1. The number of pyridine rings is 1. The van der Waals surface area contributed by atoms with Crippen LogP contribution in [0.5, 0.6) is 0 Å². The van der Waals surface area contributed by atoms with Crippen LogP contribution in [-0.2, 0) is 13.0 Å². The van der Waals surface area contributed by atoms with Gasteiger partial charge in [0.2, 0.25) is 0 Å². The Labute approximate surface area is 129 Å². The quantitative estimate of drug-likeness (QED) is 0.718. The monoisotopic (exact) mass is 299 g/mol. The van der Waals surface area contributed by atoms with Gasteiger partial charge in [-0.3, -0.25) is 0 Å². The maximum Gasteiger partial charge on any atom is 0.160 e. The fraction of sp³-hybridized carbons (Fsp3) is 0.294. The molecule has 0 aliphatic rings. The van der Waals surface area contributed by atoms with Crippen LogP contribution in [0.25, 0.3) is 11.2 Å². The maximum atomic E-state index is 6.28. The summed E-state index contributed by atoms with van der Waals surface area (Å²) in [4.78, 5) is 9.23. The van der Waals surface area contributed by atoms with Crippen molar-refractivity contribution < 1.29 is 0 Å². The minimum atomic E-state index is 0.536. The Kier molecular flexibility index (Phi) is 3.93. The van der Waals surface area contributed by atoms with Crippen LogP contribution in [0, 0.1) is 5.92 Å². The summed E-state index contributed by atoms with van der Waals surface area (Å²) in [5.41, 5.74) is 2.99. The molecule has 0 unspecified atom stereocenters. The molecule has 0 fully saturated rings. The topological polar surface area (TPSA) is 30.7 Å². The number of imidazole rings is 1. The van der Waals surface area contributed by atoms with Gasteiger partial charge in [0.1, 0.15) is 11.3 Å². The molecule has 0 saturated carbocycles. The average Bonchev–Trinajstić information content (AvgIpc) is 2.79. The van der Waals surface area contributed by atoms with Crippen LogP contribution in [0.3, 0.4) is 0 Å². The fourth-order valence-corrected chi connectivity index (χ4v) is 2.71. The molecule has 4 heteroatoms. The van der Waals surface area contributed by atoms with E-state index in [1.54, 1.807) is 0 Å². The van der Waals surface area contributed by atoms with Gasteiger partial charge in [-0.2, -0.15) is 0 Å². The van der Waals surface area contributed by atoms with E-state index < -0.39 is 0 Å². The Hall–Kier alpha value is -1.87. The third-order valence-corrected chi connectivity index (χ3v) is 3.81. The highest BCUT2D eigenvalue weighted by molar-refractivity contribution is 6.31. The first-order chi connectivity index (χ1) is 10.1. The van der Waals surface area contributed by atoms with E-state index in [4.69, 9.17) is 16.6 Å². The first-order valence-electron chi connectivity index (χ1n) is 7.18. The molecule has 0 saturated heterocycles. The van der Waals surface area contributed by atoms with Gasteiger partial charge in [0.05, 0.1) is 0 Å². The van der Waals surface area contributed by atoms with Gasteiger partial charge in [0.15, 0.2) is 5.65 Å². The first kappa shape index (κ1) is 14.1. The fourth-order valence-electron chi connectivity index (χ4n) is 2.51. The highest BCUT2D eigenvalue weighted by Gasteiger charge is 2.14. The van der Waals surface area contributed by atoms with Crippen molar-refractivity contribution in [1.82, 2.24) is 14.5 Å². The SMILES string of the molecule is CC(C)Cn1c(Cc2ccccc2Cl)nc2cccnc21. The van der Waals surface area contributed by atoms with Gasteiger partial charge in [-0.25, -0.2) is 9.97 Å². The van der Waals surface area contributed by atoms with Crippen LogP contribution >= 0.6 is 11.6 Å². The summed E-state index contributed by atoms with van der Waals surface area (Å²) in [6, 6.07) is 11.9. The van der Waals surface area contributed by atoms with Gasteiger partial charge in [0, 0.05) is 24.2 Å². The standard InChI is InChI=1S/C17H18ClN3/c1-12(2)11-21-16(10-13-6-3-4-7-14(13)18)20-15-8-5-9-19-17(15)21/h3-9,12H,10-11H2,1-2H3. The van der Waals surface area contributed by atoms with Gasteiger partial charge < -0.3 is 4.57 Å². The van der Waals surface area contributed by atoms with Crippen LogP contribution in [0.4, 0.5) is 0 Å². The molecule has 0 radical (unpaired) electrons. The van der Waals surface area contributed by atoms with E-state index in [0.717, 1.165) is 40.5 Å². The summed E-state index contributed by atoms with van der Waals surface area (Å²) in [5.74, 6) is 1.56. The molecule has 1 aromatic carbocycles. The van der Waals surface area contributed by atoms with Crippen molar-refractivity contribution >= 4 is 22.8 Å². The van der Waals surface area contributed by atoms with Gasteiger partial charge in [-0.05, 0) is 29.7 Å². The highest BCUT2D eigenvalue weighted by atomic mass is 35.5. The largest absolute Gasteiger partial charge is 0.312 e. The molecule has 0 aliphatic heterocycles. The molecule has 0 amide bonds. The van der Waals surface area contributed by atoms with Crippen molar-refractivity contribution in [3.05, 3.63) is 59.0 Å². The Morgan fingerprint density at radius 3 is 2.71 bits per heavy atom. The zero-order valence-corrected chi connectivity index (χ0v) is 13.0. The normalized spacial score (nSPS) is 11.4. The first-order valence-corrected chi connectivity index (χ1v) is 7.56. The van der Waals surface area contributed by atoms with Crippen molar-refractivity contribution in [2.24, 2.45) is 5.92 Å². The maximum absolute atomic E-state index is 6.28. The smallest absolute Gasteiger partial charge is 0.160 e. The van der Waals surface area contributed by atoms with E-state index in [1.165, 1.54) is 0 Å². The Balaban J connectivity index is 2.07. The van der Waals surface area contributed by atoms with E-state index in [1.807, 2.05) is 36.5 Å². The van der Waals surface area contributed by atoms with E-state index in [2.05, 4.69) is 29.5 Å². The molecule has 0 bridgehead atoms. The van der Waals surface area contributed by atoms with Crippen molar-refractivity contribution in [3.8, 4) is 0 Å². The number of hydrogen-bond acceptors (Lipinski definition) is 2. The summed E-state index contributed by atoms with van der Waals surface area (Å²) in [5, 5.41) is 0.786. The molecule has 108 valence electrons. The minimum Gasteiger partial charge on any atom is -0.312 e. The third kappa shape index (κ3) is 2.93. The van der Waals surface area contributed by atoms with Crippen LogP contribution in [0.2, 0.25) is 5.02 Å². The lowest BCUT2D eigenvalue weighted by Crippen LogP contribution is -2.10. The van der Waals surface area contributed by atoms with E-state index in [0.29, 0.717) is 5.92 Å². The Morgan fingerprint density at radius 2 is 1.95 bits per heavy atom. The molecule has 3 nitrogen and oxygen atoms in total. The zero-order valence-electron chi connectivity index (χ0n) is 12.3. The van der Waals surface area contributed by atoms with Crippen molar-refractivity contribution in [1.29, 1.82) is 0 Å². The number of halogens is 1. The minimum absolute atomic E-state index is 0.536. The summed E-state index contributed by atoms with van der Waals surface area (Å²) >= 11 is 6.28. The second-order valence-electron chi connectivity index (χ2n) is 5.65. The van der Waals surface area contributed by atoms with Crippen LogP contribution < -0.4 is 0 Å². The third-order valence-electron chi connectivity index (χ3n) is 3.44. The van der Waals surface area contributed by atoms with Gasteiger partial charge in [-0.15, -0.1) is 0 Å². The van der Waals surface area contributed by atoms with E-state index in [-0.39, 0.29) is 0 Å². The zero-order chi connectivity index (χ0) is 14.8. The van der Waals surface area contributed by atoms with Crippen LogP contribution in [-0.4, -0.2) is 14.5 Å². The molecule has 3 rings (SSSR count). The molecule has 0 aliphatic carbocycles. The predicted molar refractivity (Wildman–Crippen MR) is 86.6 cm³/mol. The van der Waals surface area contributed by atoms with E-state index >= 15 is 0 Å². The Bertz CT molecular complexity index is 762. The number of rotatable bonds is 4. The van der Waals surface area contributed by atoms with Gasteiger partial charge in [-0.1, -0.05) is 43.6 Å². The molecular weight excluding hydrogens is 282 g/mol. The lowest BCUT2D eigenvalue weighted by Gasteiger charge is -2.11. The number of aromatic nitrogens is 3. The predicted octanol–water partition coefficient (Wildman–Crippen LogP) is 4.33.